The monoisotopic (exact) mass is 431 g/mol. The first-order chi connectivity index (χ1) is 13.9. The van der Waals surface area contributed by atoms with E-state index in [0.717, 1.165) is 11.4 Å². The number of benzene rings is 2. The standard InChI is InChI=1S/C21H20F6N2O/c1-14-28-19(12-29(14)2,16-6-4-3-5-7-16)13-30-11-15-8-17(20(22,23)24)10-18(9-15)21(25,26)27/h3-10H,11-13H2,1-2H3/p+1/t19-/m1/s1. The number of hydrogen-bond acceptors (Lipinski definition) is 2. The number of nitrogens with zero attached hydrogens (tertiary/aromatic N) is 1. The normalized spacial score (nSPS) is 19.9. The highest BCUT2D eigenvalue weighted by Gasteiger charge is 2.45. The topological polar surface area (TPSA) is 24.3 Å². The van der Waals surface area contributed by atoms with Crippen LogP contribution in [-0.4, -0.2) is 30.6 Å². The minimum atomic E-state index is -4.89. The van der Waals surface area contributed by atoms with Gasteiger partial charge in [0.15, 0.2) is 5.54 Å². The predicted molar refractivity (Wildman–Crippen MR) is 99.1 cm³/mol. The molecule has 162 valence electrons. The SMILES string of the molecule is CC1=[N+](C)C[C@@](COCc2cc(C(F)(F)F)cc(C(F)(F)F)c2)(c2ccccc2)N1. The summed E-state index contributed by atoms with van der Waals surface area (Å²) in [6, 6.07) is 10.9. The lowest BCUT2D eigenvalue weighted by molar-refractivity contribution is -0.497. The second-order valence-corrected chi connectivity index (χ2v) is 7.42. The number of alkyl halides is 6. The van der Waals surface area contributed by atoms with Crippen LogP contribution >= 0.6 is 0 Å². The fourth-order valence-corrected chi connectivity index (χ4v) is 3.54. The van der Waals surface area contributed by atoms with Gasteiger partial charge in [0.2, 0.25) is 5.84 Å². The lowest BCUT2D eigenvalue weighted by Gasteiger charge is -2.25. The van der Waals surface area contributed by atoms with E-state index < -0.39 is 29.0 Å². The van der Waals surface area contributed by atoms with E-state index in [9.17, 15) is 26.3 Å². The number of halogens is 6. The average molecular weight is 431 g/mol. The molecule has 3 rings (SSSR count). The first kappa shape index (κ1) is 22.1. The van der Waals surface area contributed by atoms with E-state index in [1.807, 2.05) is 48.9 Å². The van der Waals surface area contributed by atoms with Gasteiger partial charge >= 0.3 is 12.4 Å². The van der Waals surface area contributed by atoms with E-state index in [0.29, 0.717) is 18.7 Å². The zero-order valence-electron chi connectivity index (χ0n) is 16.4. The highest BCUT2D eigenvalue weighted by molar-refractivity contribution is 5.77. The van der Waals surface area contributed by atoms with Gasteiger partial charge < -0.3 is 4.74 Å². The van der Waals surface area contributed by atoms with Crippen molar-refractivity contribution in [2.45, 2.75) is 31.4 Å². The summed E-state index contributed by atoms with van der Waals surface area (Å²) in [7, 11) is 1.88. The third-order valence-corrected chi connectivity index (χ3v) is 5.09. The van der Waals surface area contributed by atoms with Gasteiger partial charge in [-0.15, -0.1) is 0 Å². The third-order valence-electron chi connectivity index (χ3n) is 5.09. The number of nitrogens with one attached hydrogen (secondary N) is 1. The van der Waals surface area contributed by atoms with Crippen molar-refractivity contribution in [1.82, 2.24) is 5.32 Å². The number of ether oxygens (including phenoxy) is 1. The molecule has 0 saturated carbocycles. The molecule has 9 heteroatoms. The van der Waals surface area contributed by atoms with E-state index in [1.165, 1.54) is 0 Å². The molecule has 3 nitrogen and oxygen atoms in total. The highest BCUT2D eigenvalue weighted by atomic mass is 19.4. The van der Waals surface area contributed by atoms with Gasteiger partial charge in [0.05, 0.1) is 31.4 Å². The number of likely N-dealkylation sites (N-methyl/N-ethyl adjacent to an activating group) is 1. The molecule has 1 N–H and O–H groups in total. The van der Waals surface area contributed by atoms with Gasteiger partial charge in [0.1, 0.15) is 6.54 Å². The Kier molecular flexibility index (Phi) is 5.86. The molecule has 0 spiro atoms. The summed E-state index contributed by atoms with van der Waals surface area (Å²) < 4.78 is 85.9. The highest BCUT2D eigenvalue weighted by Crippen LogP contribution is 2.36. The maximum Gasteiger partial charge on any atom is 0.416 e. The van der Waals surface area contributed by atoms with Gasteiger partial charge in [-0.3, -0.25) is 9.89 Å². The molecule has 0 unspecified atom stereocenters. The molecule has 0 fully saturated rings. The summed E-state index contributed by atoms with van der Waals surface area (Å²) in [4.78, 5) is 0. The van der Waals surface area contributed by atoms with Crippen molar-refractivity contribution < 1.29 is 35.7 Å². The van der Waals surface area contributed by atoms with Crippen molar-refractivity contribution in [3.63, 3.8) is 0 Å². The molecule has 0 aliphatic carbocycles. The van der Waals surface area contributed by atoms with Gasteiger partial charge in [-0.25, -0.2) is 0 Å². The van der Waals surface area contributed by atoms with Gasteiger partial charge in [-0.2, -0.15) is 26.3 Å². The van der Waals surface area contributed by atoms with Crippen LogP contribution in [0.5, 0.6) is 0 Å². The van der Waals surface area contributed by atoms with Crippen LogP contribution in [0.2, 0.25) is 0 Å². The van der Waals surface area contributed by atoms with Crippen LogP contribution in [0.25, 0.3) is 0 Å². The van der Waals surface area contributed by atoms with Crippen LogP contribution < -0.4 is 5.32 Å². The quantitative estimate of drug-likeness (QED) is 0.543. The number of rotatable bonds is 5. The molecular weight excluding hydrogens is 410 g/mol. The summed E-state index contributed by atoms with van der Waals surface area (Å²) >= 11 is 0. The molecule has 1 heterocycles. The van der Waals surface area contributed by atoms with Gasteiger partial charge in [-0.05, 0) is 23.8 Å². The number of hydrogen-bond donors (Lipinski definition) is 1. The average Bonchev–Trinajstić information content (AvgIpc) is 2.96. The number of amidine groups is 1. The molecular formula is C21H21F6N2O+. The minimum Gasteiger partial charge on any atom is -0.372 e. The zero-order chi connectivity index (χ0) is 22.2. The summed E-state index contributed by atoms with van der Waals surface area (Å²) in [5.74, 6) is 0.890. The van der Waals surface area contributed by atoms with Crippen LogP contribution in [-0.2, 0) is 29.2 Å². The van der Waals surface area contributed by atoms with Crippen molar-refractivity contribution in [3.8, 4) is 0 Å². The molecule has 1 atom stereocenters. The second kappa shape index (κ2) is 7.94. The molecule has 2 aromatic rings. The van der Waals surface area contributed by atoms with E-state index >= 15 is 0 Å². The molecule has 0 amide bonds. The van der Waals surface area contributed by atoms with E-state index in [4.69, 9.17) is 4.74 Å². The van der Waals surface area contributed by atoms with Crippen molar-refractivity contribution >= 4 is 5.84 Å². The maximum atomic E-state index is 13.0. The van der Waals surface area contributed by atoms with Crippen LogP contribution in [0.1, 0.15) is 29.2 Å². The third kappa shape index (κ3) is 4.77. The lowest BCUT2D eigenvalue weighted by Crippen LogP contribution is -2.46. The van der Waals surface area contributed by atoms with Crippen molar-refractivity contribution in [2.24, 2.45) is 0 Å². The van der Waals surface area contributed by atoms with Gasteiger partial charge in [0.25, 0.3) is 0 Å². The zero-order valence-corrected chi connectivity index (χ0v) is 16.4. The molecule has 1 aliphatic heterocycles. The first-order valence-corrected chi connectivity index (χ1v) is 9.15. The van der Waals surface area contributed by atoms with E-state index in [-0.39, 0.29) is 24.8 Å². The summed E-state index contributed by atoms with van der Waals surface area (Å²) in [6.07, 6.45) is -9.77. The van der Waals surface area contributed by atoms with Gasteiger partial charge in [0, 0.05) is 12.5 Å². The Bertz CT molecular complexity index is 888. The summed E-state index contributed by atoms with van der Waals surface area (Å²) in [6.45, 7) is 2.11. The van der Waals surface area contributed by atoms with Crippen molar-refractivity contribution in [3.05, 3.63) is 70.8 Å². The Morgan fingerprint density at radius 1 is 0.967 bits per heavy atom. The Labute approximate surface area is 170 Å². The molecule has 30 heavy (non-hydrogen) atoms. The summed E-state index contributed by atoms with van der Waals surface area (Å²) in [5, 5.41) is 3.35. The molecule has 1 aliphatic rings. The molecule has 0 radical (unpaired) electrons. The minimum absolute atomic E-state index is 0.0658. The van der Waals surface area contributed by atoms with E-state index in [2.05, 4.69) is 5.32 Å². The van der Waals surface area contributed by atoms with Crippen molar-refractivity contribution in [1.29, 1.82) is 0 Å². The fourth-order valence-electron chi connectivity index (χ4n) is 3.54. The Hall–Kier alpha value is -2.55. The van der Waals surface area contributed by atoms with Gasteiger partial charge in [-0.1, -0.05) is 30.3 Å². The Morgan fingerprint density at radius 2 is 1.53 bits per heavy atom. The molecule has 0 saturated heterocycles. The van der Waals surface area contributed by atoms with Crippen LogP contribution in [0.3, 0.4) is 0 Å². The largest absolute Gasteiger partial charge is 0.416 e. The Morgan fingerprint density at radius 3 is 2.00 bits per heavy atom. The second-order valence-electron chi connectivity index (χ2n) is 7.42. The Balaban J connectivity index is 1.82. The molecule has 0 aromatic heterocycles. The van der Waals surface area contributed by atoms with Crippen LogP contribution in [0.15, 0.2) is 48.5 Å². The first-order valence-electron chi connectivity index (χ1n) is 9.15. The molecule has 0 bridgehead atoms. The molecule has 2 aromatic carbocycles. The van der Waals surface area contributed by atoms with Crippen molar-refractivity contribution in [2.75, 3.05) is 20.2 Å². The maximum absolute atomic E-state index is 13.0. The summed E-state index contributed by atoms with van der Waals surface area (Å²) in [5.41, 5.74) is -2.64. The van der Waals surface area contributed by atoms with Crippen LogP contribution in [0.4, 0.5) is 26.3 Å². The lowest BCUT2D eigenvalue weighted by atomic mass is 9.91. The predicted octanol–water partition coefficient (Wildman–Crippen LogP) is 4.80. The fraction of sp³-hybridized carbons (Fsp3) is 0.381. The van der Waals surface area contributed by atoms with Crippen LogP contribution in [0, 0.1) is 0 Å². The smallest absolute Gasteiger partial charge is 0.372 e. The van der Waals surface area contributed by atoms with E-state index in [1.54, 1.807) is 0 Å².